The first-order valence-corrected chi connectivity index (χ1v) is 7.37. The van der Waals surface area contributed by atoms with E-state index in [0.29, 0.717) is 13.0 Å². The van der Waals surface area contributed by atoms with Crippen LogP contribution >= 0.6 is 0 Å². The zero-order valence-corrected chi connectivity index (χ0v) is 11.9. The molecule has 1 fully saturated rings. The molecule has 4 atom stereocenters. The Morgan fingerprint density at radius 3 is 2.86 bits per heavy atom. The molecule has 1 aliphatic carbocycles. The van der Waals surface area contributed by atoms with Crippen LogP contribution in [0.3, 0.4) is 0 Å². The number of hydrogen-bond donors (Lipinski definition) is 0. The summed E-state index contributed by atoms with van der Waals surface area (Å²) in [5, 5.41) is 0. The van der Waals surface area contributed by atoms with Gasteiger partial charge in [-0.1, -0.05) is 18.2 Å². The van der Waals surface area contributed by atoms with Gasteiger partial charge in [0.1, 0.15) is 11.9 Å². The highest BCUT2D eigenvalue weighted by atomic mass is 16.5. The average Bonchev–Trinajstić information content (AvgIpc) is 2.70. The van der Waals surface area contributed by atoms with Gasteiger partial charge < -0.3 is 9.64 Å². The van der Waals surface area contributed by atoms with Crippen molar-refractivity contribution in [2.45, 2.75) is 18.4 Å². The van der Waals surface area contributed by atoms with E-state index in [2.05, 4.69) is 0 Å². The van der Waals surface area contributed by atoms with Crippen LogP contribution in [0.2, 0.25) is 0 Å². The summed E-state index contributed by atoms with van der Waals surface area (Å²) in [7, 11) is 1.84. The van der Waals surface area contributed by atoms with E-state index in [-0.39, 0.29) is 35.5 Å². The number of para-hydroxylation sites is 1. The first-order valence-electron chi connectivity index (χ1n) is 7.37. The molecule has 0 radical (unpaired) electrons. The summed E-state index contributed by atoms with van der Waals surface area (Å²) in [4.78, 5) is 26.2. The van der Waals surface area contributed by atoms with E-state index in [0.717, 1.165) is 11.3 Å². The number of rotatable bonds is 0. The van der Waals surface area contributed by atoms with Gasteiger partial charge in [0.25, 0.3) is 0 Å². The van der Waals surface area contributed by atoms with E-state index in [1.165, 1.54) is 0 Å². The molecule has 108 valence electrons. The quantitative estimate of drug-likeness (QED) is 0.729. The second kappa shape index (κ2) is 4.45. The smallest absolute Gasteiger partial charge is 0.230 e. The van der Waals surface area contributed by atoms with Gasteiger partial charge in [-0.2, -0.15) is 0 Å². The fraction of sp³-hybridized carbons (Fsp3) is 0.412. The summed E-state index contributed by atoms with van der Waals surface area (Å²) in [6.45, 7) is 0.698. The number of allylic oxidation sites excluding steroid dienone is 1. The molecule has 0 bridgehead atoms. The summed E-state index contributed by atoms with van der Waals surface area (Å²) in [6, 6.07) is 7.77. The predicted molar refractivity (Wildman–Crippen MR) is 77.0 cm³/mol. The predicted octanol–water partition coefficient (Wildman–Crippen LogP) is 1.76. The Morgan fingerprint density at radius 1 is 1.19 bits per heavy atom. The number of fused-ring (bicyclic) bond motifs is 5. The fourth-order valence-corrected chi connectivity index (χ4v) is 3.95. The van der Waals surface area contributed by atoms with Gasteiger partial charge in [-0.05, 0) is 24.1 Å². The molecule has 1 amide bonds. The van der Waals surface area contributed by atoms with Crippen molar-refractivity contribution in [3.05, 3.63) is 42.0 Å². The van der Waals surface area contributed by atoms with Crippen LogP contribution < -0.4 is 4.74 Å². The Hall–Kier alpha value is -2.10. The lowest BCUT2D eigenvalue weighted by molar-refractivity contribution is -0.128. The number of amides is 1. The number of ketones is 1. The Bertz CT molecular complexity index is 651. The van der Waals surface area contributed by atoms with Gasteiger partial charge in [-0.3, -0.25) is 9.59 Å². The highest BCUT2D eigenvalue weighted by Gasteiger charge is 2.49. The monoisotopic (exact) mass is 283 g/mol. The Morgan fingerprint density at radius 2 is 2.00 bits per heavy atom. The molecule has 0 spiro atoms. The molecular formula is C17H17NO3. The number of likely N-dealkylation sites (tertiary alicyclic amines) is 1. The van der Waals surface area contributed by atoms with Crippen LogP contribution in [0.25, 0.3) is 0 Å². The van der Waals surface area contributed by atoms with Crippen molar-refractivity contribution in [2.75, 3.05) is 13.6 Å². The fourth-order valence-electron chi connectivity index (χ4n) is 3.95. The standard InChI is InChI=1S/C17H17NO3/c1-18-9-13-12-8-10(19)6-7-15(12)21-14-5-3-2-4-11(14)16(13)17(18)20/h2-7,12-13,15-16H,8-9H2,1H3. The molecule has 0 saturated carbocycles. The van der Waals surface area contributed by atoms with Crippen LogP contribution in [0.5, 0.6) is 5.75 Å². The summed E-state index contributed by atoms with van der Waals surface area (Å²) in [6.07, 6.45) is 3.83. The molecule has 4 nitrogen and oxygen atoms in total. The zero-order valence-electron chi connectivity index (χ0n) is 11.9. The minimum Gasteiger partial charge on any atom is -0.486 e. The molecule has 21 heavy (non-hydrogen) atoms. The maximum absolute atomic E-state index is 12.6. The number of carbonyl (C=O) groups excluding carboxylic acids is 2. The molecule has 0 aromatic heterocycles. The van der Waals surface area contributed by atoms with Crippen molar-refractivity contribution in [3.8, 4) is 5.75 Å². The lowest BCUT2D eigenvalue weighted by Gasteiger charge is -2.30. The normalized spacial score (nSPS) is 33.9. The minimum atomic E-state index is -0.180. The molecule has 1 aromatic rings. The maximum atomic E-state index is 12.6. The van der Waals surface area contributed by atoms with Crippen LogP contribution in [-0.4, -0.2) is 36.3 Å². The Labute approximate surface area is 123 Å². The van der Waals surface area contributed by atoms with Crippen molar-refractivity contribution >= 4 is 11.7 Å². The third-order valence-electron chi connectivity index (χ3n) is 4.95. The lowest BCUT2D eigenvalue weighted by Crippen LogP contribution is -2.36. The van der Waals surface area contributed by atoms with Gasteiger partial charge >= 0.3 is 0 Å². The second-order valence-electron chi connectivity index (χ2n) is 6.17. The molecular weight excluding hydrogens is 266 g/mol. The van der Waals surface area contributed by atoms with Crippen molar-refractivity contribution in [1.29, 1.82) is 0 Å². The molecule has 4 unspecified atom stereocenters. The van der Waals surface area contributed by atoms with Gasteiger partial charge in [-0.25, -0.2) is 0 Å². The van der Waals surface area contributed by atoms with E-state index >= 15 is 0 Å². The Kier molecular flexibility index (Phi) is 2.67. The molecule has 2 heterocycles. The second-order valence-corrected chi connectivity index (χ2v) is 6.17. The third-order valence-corrected chi connectivity index (χ3v) is 4.95. The summed E-state index contributed by atoms with van der Waals surface area (Å²) in [5.74, 6) is 1.09. The molecule has 1 saturated heterocycles. The summed E-state index contributed by atoms with van der Waals surface area (Å²) >= 11 is 0. The third kappa shape index (κ3) is 1.82. The summed E-state index contributed by atoms with van der Waals surface area (Å²) in [5.41, 5.74) is 0.965. The lowest BCUT2D eigenvalue weighted by atomic mass is 9.74. The van der Waals surface area contributed by atoms with Crippen LogP contribution in [0.15, 0.2) is 36.4 Å². The van der Waals surface area contributed by atoms with E-state index in [1.54, 1.807) is 11.0 Å². The number of benzene rings is 1. The highest BCUT2D eigenvalue weighted by Crippen LogP contribution is 2.47. The average molecular weight is 283 g/mol. The van der Waals surface area contributed by atoms with Crippen molar-refractivity contribution in [1.82, 2.24) is 4.90 Å². The maximum Gasteiger partial charge on any atom is 0.230 e. The first kappa shape index (κ1) is 12.6. The largest absolute Gasteiger partial charge is 0.486 e. The number of likely N-dealkylation sites (N-methyl/N-ethyl adjacent to an activating group) is 1. The van der Waals surface area contributed by atoms with Gasteiger partial charge in [0, 0.05) is 31.5 Å². The number of hydrogen-bond acceptors (Lipinski definition) is 3. The van der Waals surface area contributed by atoms with E-state index in [1.807, 2.05) is 37.4 Å². The zero-order chi connectivity index (χ0) is 14.6. The van der Waals surface area contributed by atoms with Crippen molar-refractivity contribution < 1.29 is 14.3 Å². The summed E-state index contributed by atoms with van der Waals surface area (Å²) < 4.78 is 6.12. The number of ether oxygens (including phenoxy) is 1. The van der Waals surface area contributed by atoms with Crippen LogP contribution in [0.1, 0.15) is 17.9 Å². The van der Waals surface area contributed by atoms with Gasteiger partial charge in [0.15, 0.2) is 5.78 Å². The van der Waals surface area contributed by atoms with Crippen molar-refractivity contribution in [3.63, 3.8) is 0 Å². The van der Waals surface area contributed by atoms with Crippen molar-refractivity contribution in [2.24, 2.45) is 11.8 Å². The highest BCUT2D eigenvalue weighted by molar-refractivity contribution is 5.92. The van der Waals surface area contributed by atoms with E-state index in [4.69, 9.17) is 4.74 Å². The van der Waals surface area contributed by atoms with Crippen LogP contribution in [0.4, 0.5) is 0 Å². The van der Waals surface area contributed by atoms with E-state index < -0.39 is 0 Å². The molecule has 4 heteroatoms. The van der Waals surface area contributed by atoms with Gasteiger partial charge in [0.05, 0.1) is 5.92 Å². The van der Waals surface area contributed by atoms with Gasteiger partial charge in [0.2, 0.25) is 5.91 Å². The van der Waals surface area contributed by atoms with E-state index in [9.17, 15) is 9.59 Å². The van der Waals surface area contributed by atoms with Crippen LogP contribution in [0, 0.1) is 11.8 Å². The number of nitrogens with zero attached hydrogens (tertiary/aromatic N) is 1. The number of carbonyl (C=O) groups is 2. The first-order chi connectivity index (χ1) is 10.1. The SMILES string of the molecule is CN1CC2C(C1=O)c1ccccc1OC1C=CC(=O)CC12. The molecule has 1 aromatic carbocycles. The molecule has 3 aliphatic rings. The molecule has 0 N–H and O–H groups in total. The van der Waals surface area contributed by atoms with Crippen LogP contribution in [-0.2, 0) is 9.59 Å². The molecule has 4 rings (SSSR count). The van der Waals surface area contributed by atoms with Gasteiger partial charge in [-0.15, -0.1) is 0 Å². The minimum absolute atomic E-state index is 0.0776. The Balaban J connectivity index is 1.86. The molecule has 2 aliphatic heterocycles. The topological polar surface area (TPSA) is 46.6 Å².